The number of halogens is 1. The molecule has 0 aliphatic heterocycles. The maximum Gasteiger partial charge on any atom is 0.337 e. The Hall–Kier alpha value is -2.84. The molecule has 0 spiro atoms. The molecule has 1 aliphatic carbocycles. The van der Waals surface area contributed by atoms with Crippen molar-refractivity contribution in [3.05, 3.63) is 70.2 Å². The van der Waals surface area contributed by atoms with Crippen molar-refractivity contribution in [2.24, 2.45) is 0 Å². The molecule has 5 heteroatoms. The van der Waals surface area contributed by atoms with Crippen LogP contribution in [0.2, 0.25) is 5.02 Å². The van der Waals surface area contributed by atoms with Gasteiger partial charge in [0.15, 0.2) is 6.10 Å². The van der Waals surface area contributed by atoms with Crippen molar-refractivity contribution < 1.29 is 19.7 Å². The molecule has 35 heavy (non-hydrogen) atoms. The van der Waals surface area contributed by atoms with Gasteiger partial charge >= 0.3 is 5.97 Å². The molecule has 0 amide bonds. The highest BCUT2D eigenvalue weighted by Gasteiger charge is 2.32. The fourth-order valence-electron chi connectivity index (χ4n) is 4.75. The van der Waals surface area contributed by atoms with E-state index in [1.54, 1.807) is 12.1 Å². The van der Waals surface area contributed by atoms with Crippen LogP contribution in [0.15, 0.2) is 48.5 Å². The smallest absolute Gasteiger partial charge is 0.337 e. The molecule has 1 fully saturated rings. The van der Waals surface area contributed by atoms with Crippen molar-refractivity contribution >= 4 is 28.3 Å². The minimum atomic E-state index is -1.15. The molecule has 1 unspecified atom stereocenters. The third-order valence-corrected chi connectivity index (χ3v) is 6.60. The Bertz CT molecular complexity index is 1320. The molecule has 1 atom stereocenters. The molecule has 182 valence electrons. The van der Waals surface area contributed by atoms with Crippen LogP contribution in [0.5, 0.6) is 0 Å². The Morgan fingerprint density at radius 1 is 1.09 bits per heavy atom. The van der Waals surface area contributed by atoms with Gasteiger partial charge in [-0.3, -0.25) is 0 Å². The summed E-state index contributed by atoms with van der Waals surface area (Å²) in [4.78, 5) is 12.5. The molecule has 0 radical (unpaired) electrons. The van der Waals surface area contributed by atoms with Gasteiger partial charge in [-0.1, -0.05) is 47.7 Å². The summed E-state index contributed by atoms with van der Waals surface area (Å²) in [5, 5.41) is 23.3. The number of hydrogen-bond acceptors (Lipinski definition) is 3. The molecular formula is C30H31ClO4. The second-order valence-electron chi connectivity index (χ2n) is 10.4. The predicted molar refractivity (Wildman–Crippen MR) is 141 cm³/mol. The molecular weight excluding hydrogens is 460 g/mol. The third-order valence-electron chi connectivity index (χ3n) is 6.35. The fraction of sp³-hybridized carbons (Fsp3) is 0.367. The number of carboxylic acid groups (broad SMARTS) is 1. The van der Waals surface area contributed by atoms with Crippen LogP contribution in [-0.2, 0) is 9.53 Å². The maximum absolute atomic E-state index is 12.5. The Balaban J connectivity index is 1.98. The molecule has 0 saturated heterocycles. The molecule has 0 heterocycles. The van der Waals surface area contributed by atoms with E-state index in [-0.39, 0.29) is 0 Å². The second kappa shape index (κ2) is 9.66. The van der Waals surface area contributed by atoms with Crippen LogP contribution < -0.4 is 0 Å². The summed E-state index contributed by atoms with van der Waals surface area (Å²) in [6.07, 6.45) is 2.20. The number of benzene rings is 3. The summed E-state index contributed by atoms with van der Waals surface area (Å²) in [6, 6.07) is 15.3. The average Bonchev–Trinajstić information content (AvgIpc) is 3.22. The van der Waals surface area contributed by atoms with Crippen LogP contribution >= 0.6 is 11.6 Å². The number of fused-ring (bicyclic) bond motifs is 1. The number of rotatable bonds is 4. The summed E-state index contributed by atoms with van der Waals surface area (Å²) in [6.45, 7) is 7.47. The molecule has 4 rings (SSSR count). The summed E-state index contributed by atoms with van der Waals surface area (Å²) < 4.78 is 6.07. The monoisotopic (exact) mass is 490 g/mol. The average molecular weight is 491 g/mol. The highest BCUT2D eigenvalue weighted by atomic mass is 35.5. The van der Waals surface area contributed by atoms with Gasteiger partial charge in [-0.25, -0.2) is 4.79 Å². The van der Waals surface area contributed by atoms with Crippen molar-refractivity contribution in [1.29, 1.82) is 0 Å². The van der Waals surface area contributed by atoms with E-state index < -0.39 is 23.3 Å². The molecule has 3 aromatic carbocycles. The normalized spacial score (nSPS) is 16.1. The number of carbonyl (C=O) groups is 1. The first kappa shape index (κ1) is 25.3. The second-order valence-corrected chi connectivity index (χ2v) is 10.8. The van der Waals surface area contributed by atoms with Gasteiger partial charge in [-0.2, -0.15) is 0 Å². The molecule has 1 aliphatic rings. The Morgan fingerprint density at radius 3 is 2.34 bits per heavy atom. The number of carboxylic acids is 1. The standard InChI is InChI=1S/C30H31ClO4/c1-19-17-22-8-7-20(13-16-30(34)14-5-6-15-30)18-24(22)26(21-9-11-23(31)12-10-21)25(19)27(28(32)33)35-29(2,3)4/h7-12,17-18,27,34H,5-6,14-15H2,1-4H3,(H,32,33). The summed E-state index contributed by atoms with van der Waals surface area (Å²) >= 11 is 6.17. The molecule has 0 bridgehead atoms. The maximum atomic E-state index is 12.5. The van der Waals surface area contributed by atoms with Gasteiger partial charge < -0.3 is 14.9 Å². The minimum absolute atomic E-state index is 0.601. The molecule has 1 saturated carbocycles. The lowest BCUT2D eigenvalue weighted by molar-refractivity contribution is -0.160. The molecule has 4 nitrogen and oxygen atoms in total. The number of hydrogen-bond donors (Lipinski definition) is 2. The zero-order valence-corrected chi connectivity index (χ0v) is 21.4. The third kappa shape index (κ3) is 5.70. The van der Waals surface area contributed by atoms with E-state index in [0.717, 1.165) is 45.9 Å². The summed E-state index contributed by atoms with van der Waals surface area (Å²) in [7, 11) is 0. The van der Waals surface area contributed by atoms with Crippen LogP contribution in [0.1, 0.15) is 69.2 Å². The van der Waals surface area contributed by atoms with Crippen molar-refractivity contribution in [2.45, 2.75) is 70.7 Å². The molecule has 3 aromatic rings. The van der Waals surface area contributed by atoms with E-state index in [0.29, 0.717) is 23.4 Å². The Labute approximate surface area is 211 Å². The highest BCUT2D eigenvalue weighted by molar-refractivity contribution is 6.30. The lowest BCUT2D eigenvalue weighted by Gasteiger charge is -2.28. The summed E-state index contributed by atoms with van der Waals surface area (Å²) in [5.41, 5.74) is 2.26. The van der Waals surface area contributed by atoms with Gasteiger partial charge in [-0.05, 0) is 105 Å². The first-order valence-corrected chi connectivity index (χ1v) is 12.3. The number of aliphatic carboxylic acids is 1. The van der Waals surface area contributed by atoms with E-state index in [4.69, 9.17) is 16.3 Å². The van der Waals surface area contributed by atoms with Crippen LogP contribution in [-0.4, -0.2) is 27.4 Å². The summed E-state index contributed by atoms with van der Waals surface area (Å²) in [5.74, 6) is 5.19. The van der Waals surface area contributed by atoms with Crippen LogP contribution in [0.3, 0.4) is 0 Å². The van der Waals surface area contributed by atoms with Crippen molar-refractivity contribution in [2.75, 3.05) is 0 Å². The highest BCUT2D eigenvalue weighted by Crippen LogP contribution is 2.41. The predicted octanol–water partition coefficient (Wildman–Crippen LogP) is 7.07. The van der Waals surface area contributed by atoms with Gasteiger partial charge in [-0.15, -0.1) is 0 Å². The quantitative estimate of drug-likeness (QED) is 0.384. The molecule has 2 N–H and O–H groups in total. The van der Waals surface area contributed by atoms with E-state index in [1.807, 2.05) is 64.1 Å². The van der Waals surface area contributed by atoms with E-state index >= 15 is 0 Å². The van der Waals surface area contributed by atoms with Crippen LogP contribution in [0.4, 0.5) is 0 Å². The van der Waals surface area contributed by atoms with Gasteiger partial charge in [0, 0.05) is 16.1 Å². The SMILES string of the molecule is Cc1cc2ccc(C#CC3(O)CCCC3)cc2c(-c2ccc(Cl)cc2)c1C(OC(C)(C)C)C(=O)O. The zero-order chi connectivity index (χ0) is 25.4. The Morgan fingerprint density at radius 2 is 1.74 bits per heavy atom. The first-order chi connectivity index (χ1) is 16.5. The van der Waals surface area contributed by atoms with Crippen molar-refractivity contribution in [3.8, 4) is 23.0 Å². The van der Waals surface area contributed by atoms with Crippen molar-refractivity contribution in [3.63, 3.8) is 0 Å². The number of aryl methyl sites for hydroxylation is 1. The van der Waals surface area contributed by atoms with Gasteiger partial charge in [0.2, 0.25) is 0 Å². The van der Waals surface area contributed by atoms with Crippen molar-refractivity contribution in [1.82, 2.24) is 0 Å². The van der Waals surface area contributed by atoms with Gasteiger partial charge in [0.05, 0.1) is 5.60 Å². The molecule has 0 aromatic heterocycles. The lowest BCUT2D eigenvalue weighted by Crippen LogP contribution is -2.28. The minimum Gasteiger partial charge on any atom is -0.479 e. The van der Waals surface area contributed by atoms with E-state index in [9.17, 15) is 15.0 Å². The van der Waals surface area contributed by atoms with Gasteiger partial charge in [0.25, 0.3) is 0 Å². The van der Waals surface area contributed by atoms with Crippen LogP contribution in [0.25, 0.3) is 21.9 Å². The van der Waals surface area contributed by atoms with Gasteiger partial charge in [0.1, 0.15) is 5.60 Å². The fourth-order valence-corrected chi connectivity index (χ4v) is 4.88. The largest absolute Gasteiger partial charge is 0.479 e. The van der Waals surface area contributed by atoms with E-state index in [2.05, 4.69) is 11.8 Å². The van der Waals surface area contributed by atoms with Crippen LogP contribution in [0, 0.1) is 18.8 Å². The zero-order valence-electron chi connectivity index (χ0n) is 20.6. The Kier molecular flexibility index (Phi) is 6.97. The lowest BCUT2D eigenvalue weighted by atomic mass is 9.86. The van der Waals surface area contributed by atoms with E-state index in [1.165, 1.54) is 0 Å². The topological polar surface area (TPSA) is 66.8 Å². The number of ether oxygens (including phenoxy) is 1. The first-order valence-electron chi connectivity index (χ1n) is 12.0. The number of aliphatic hydroxyl groups is 1.